The van der Waals surface area contributed by atoms with Crippen molar-refractivity contribution in [3.63, 3.8) is 0 Å². The van der Waals surface area contributed by atoms with Gasteiger partial charge in [0.2, 0.25) is 0 Å². The van der Waals surface area contributed by atoms with Gasteiger partial charge in [-0.3, -0.25) is 4.90 Å². The first-order chi connectivity index (χ1) is 9.61. The van der Waals surface area contributed by atoms with Crippen LogP contribution in [0.2, 0.25) is 5.02 Å². The Bertz CT molecular complexity index is 444. The van der Waals surface area contributed by atoms with Crippen LogP contribution in [0.1, 0.15) is 30.9 Å². The Hall–Kier alpha value is -0.770. The van der Waals surface area contributed by atoms with E-state index in [1.54, 1.807) is 6.07 Å². The summed E-state index contributed by atoms with van der Waals surface area (Å²) in [5.74, 6) is 0.277. The van der Waals surface area contributed by atoms with Crippen molar-refractivity contribution < 1.29 is 5.11 Å². The maximum atomic E-state index is 9.66. The molecular formula is C16H25ClN2O. The molecule has 1 fully saturated rings. The van der Waals surface area contributed by atoms with E-state index in [0.29, 0.717) is 5.02 Å². The fourth-order valence-corrected chi connectivity index (χ4v) is 2.95. The van der Waals surface area contributed by atoms with E-state index in [4.69, 9.17) is 11.6 Å². The third-order valence-electron chi connectivity index (χ3n) is 4.21. The first kappa shape index (κ1) is 15.6. The Morgan fingerprint density at radius 1 is 1.30 bits per heavy atom. The van der Waals surface area contributed by atoms with E-state index in [-0.39, 0.29) is 5.75 Å². The highest BCUT2D eigenvalue weighted by Crippen LogP contribution is 2.28. The van der Waals surface area contributed by atoms with E-state index in [9.17, 15) is 5.11 Å². The summed E-state index contributed by atoms with van der Waals surface area (Å²) in [6.07, 6.45) is 2.68. The van der Waals surface area contributed by atoms with Crippen LogP contribution >= 0.6 is 11.6 Å². The molecule has 1 saturated heterocycles. The van der Waals surface area contributed by atoms with Crippen molar-refractivity contribution in [1.82, 2.24) is 9.80 Å². The summed E-state index contributed by atoms with van der Waals surface area (Å²) >= 11 is 6.33. The highest BCUT2D eigenvalue weighted by atomic mass is 35.5. The molecule has 112 valence electrons. The second kappa shape index (κ2) is 7.30. The molecule has 0 unspecified atom stereocenters. The van der Waals surface area contributed by atoms with Crippen LogP contribution in [-0.2, 0) is 6.54 Å². The summed E-state index contributed by atoms with van der Waals surface area (Å²) in [4.78, 5) is 4.95. The fourth-order valence-electron chi connectivity index (χ4n) is 2.73. The Morgan fingerprint density at radius 2 is 2.00 bits per heavy atom. The van der Waals surface area contributed by atoms with E-state index >= 15 is 0 Å². The van der Waals surface area contributed by atoms with Crippen LogP contribution in [0.5, 0.6) is 5.75 Å². The molecule has 0 radical (unpaired) electrons. The second-order valence-electron chi connectivity index (χ2n) is 5.60. The van der Waals surface area contributed by atoms with Crippen molar-refractivity contribution in [2.24, 2.45) is 0 Å². The molecule has 0 aromatic heterocycles. The summed E-state index contributed by atoms with van der Waals surface area (Å²) in [6, 6.07) is 3.67. The van der Waals surface area contributed by atoms with Crippen molar-refractivity contribution >= 4 is 11.6 Å². The number of phenolic OH excluding ortho intramolecular Hbond substituents is 1. The molecule has 1 N–H and O–H groups in total. The second-order valence-corrected chi connectivity index (χ2v) is 5.98. The van der Waals surface area contributed by atoms with Gasteiger partial charge in [0.15, 0.2) is 0 Å². The van der Waals surface area contributed by atoms with Gasteiger partial charge >= 0.3 is 0 Å². The van der Waals surface area contributed by atoms with Gasteiger partial charge in [-0.1, -0.05) is 24.6 Å². The summed E-state index contributed by atoms with van der Waals surface area (Å²) in [7, 11) is 0. The molecule has 0 atom stereocenters. The monoisotopic (exact) mass is 296 g/mol. The number of hydrogen-bond donors (Lipinski definition) is 1. The summed E-state index contributed by atoms with van der Waals surface area (Å²) < 4.78 is 0. The zero-order chi connectivity index (χ0) is 14.5. The highest BCUT2D eigenvalue weighted by Gasteiger charge is 2.14. The topological polar surface area (TPSA) is 26.7 Å². The molecule has 0 spiro atoms. The standard InChI is InChI=1S/C16H25ClN2O/c1-3-18(10-11-19-8-4-5-9-19)12-14-6-7-15(20)13(2)16(14)17/h6-7,20H,3-5,8-12H2,1-2H3. The van der Waals surface area contributed by atoms with E-state index in [2.05, 4.69) is 16.7 Å². The number of phenols is 1. The first-order valence-electron chi connectivity index (χ1n) is 7.53. The average molecular weight is 297 g/mol. The van der Waals surface area contributed by atoms with Gasteiger partial charge in [0.25, 0.3) is 0 Å². The summed E-state index contributed by atoms with van der Waals surface area (Å²) in [5.41, 5.74) is 1.88. The highest BCUT2D eigenvalue weighted by molar-refractivity contribution is 6.32. The number of nitrogens with zero attached hydrogens (tertiary/aromatic N) is 2. The molecule has 0 bridgehead atoms. The van der Waals surface area contributed by atoms with Crippen LogP contribution in [0.15, 0.2) is 12.1 Å². The minimum atomic E-state index is 0.277. The number of likely N-dealkylation sites (tertiary alicyclic amines) is 1. The van der Waals surface area contributed by atoms with E-state index in [0.717, 1.165) is 37.3 Å². The Kier molecular flexibility index (Phi) is 5.70. The Balaban J connectivity index is 1.93. The first-order valence-corrected chi connectivity index (χ1v) is 7.91. The van der Waals surface area contributed by atoms with Crippen molar-refractivity contribution in [3.05, 3.63) is 28.3 Å². The van der Waals surface area contributed by atoms with Crippen LogP contribution in [0.4, 0.5) is 0 Å². The lowest BCUT2D eigenvalue weighted by molar-refractivity contribution is 0.227. The third-order valence-corrected chi connectivity index (χ3v) is 4.74. The van der Waals surface area contributed by atoms with E-state index in [1.165, 1.54) is 25.9 Å². The largest absolute Gasteiger partial charge is 0.508 e. The van der Waals surface area contributed by atoms with Gasteiger partial charge in [0.1, 0.15) is 5.75 Å². The molecule has 3 nitrogen and oxygen atoms in total. The molecule has 1 aliphatic rings. The number of likely N-dealkylation sites (N-methyl/N-ethyl adjacent to an activating group) is 1. The Morgan fingerprint density at radius 3 is 2.65 bits per heavy atom. The molecule has 2 rings (SSSR count). The van der Waals surface area contributed by atoms with Crippen LogP contribution in [0.3, 0.4) is 0 Å². The van der Waals surface area contributed by atoms with Crippen molar-refractivity contribution in [2.45, 2.75) is 33.2 Å². The normalized spacial score (nSPS) is 16.2. The van der Waals surface area contributed by atoms with Crippen molar-refractivity contribution in [3.8, 4) is 5.75 Å². The van der Waals surface area contributed by atoms with Crippen LogP contribution in [0.25, 0.3) is 0 Å². The minimum Gasteiger partial charge on any atom is -0.508 e. The van der Waals surface area contributed by atoms with E-state index in [1.807, 2.05) is 13.0 Å². The molecule has 0 aliphatic carbocycles. The number of hydrogen-bond acceptors (Lipinski definition) is 3. The minimum absolute atomic E-state index is 0.277. The lowest BCUT2D eigenvalue weighted by atomic mass is 10.1. The molecule has 1 heterocycles. The predicted octanol–water partition coefficient (Wildman–Crippen LogP) is 3.27. The van der Waals surface area contributed by atoms with Crippen LogP contribution in [0, 0.1) is 6.92 Å². The van der Waals surface area contributed by atoms with Gasteiger partial charge in [-0.25, -0.2) is 0 Å². The quantitative estimate of drug-likeness (QED) is 0.873. The molecular weight excluding hydrogens is 272 g/mol. The zero-order valence-electron chi connectivity index (χ0n) is 12.5. The number of benzene rings is 1. The van der Waals surface area contributed by atoms with Gasteiger partial charge in [-0.2, -0.15) is 0 Å². The summed E-state index contributed by atoms with van der Waals surface area (Å²) in [6.45, 7) is 10.6. The molecule has 0 saturated carbocycles. The maximum absolute atomic E-state index is 9.66. The molecule has 1 aromatic rings. The maximum Gasteiger partial charge on any atom is 0.119 e. The van der Waals surface area contributed by atoms with Gasteiger partial charge in [0.05, 0.1) is 5.02 Å². The number of halogens is 1. The SMILES string of the molecule is CCN(CCN1CCCC1)Cc1ccc(O)c(C)c1Cl. The van der Waals surface area contributed by atoms with Crippen molar-refractivity contribution in [1.29, 1.82) is 0 Å². The predicted molar refractivity (Wildman–Crippen MR) is 84.5 cm³/mol. The molecule has 1 aromatic carbocycles. The van der Waals surface area contributed by atoms with Gasteiger partial charge in [-0.15, -0.1) is 0 Å². The fraction of sp³-hybridized carbons (Fsp3) is 0.625. The zero-order valence-corrected chi connectivity index (χ0v) is 13.3. The third kappa shape index (κ3) is 3.87. The van der Waals surface area contributed by atoms with Gasteiger partial charge < -0.3 is 10.0 Å². The van der Waals surface area contributed by atoms with Crippen LogP contribution < -0.4 is 0 Å². The van der Waals surface area contributed by atoms with Crippen LogP contribution in [-0.4, -0.2) is 47.6 Å². The van der Waals surface area contributed by atoms with Crippen molar-refractivity contribution in [2.75, 3.05) is 32.7 Å². The molecule has 1 aliphatic heterocycles. The smallest absolute Gasteiger partial charge is 0.119 e. The molecule has 4 heteroatoms. The molecule has 0 amide bonds. The number of rotatable bonds is 6. The van der Waals surface area contributed by atoms with Gasteiger partial charge in [-0.05, 0) is 51.0 Å². The average Bonchev–Trinajstić information content (AvgIpc) is 2.96. The van der Waals surface area contributed by atoms with Gasteiger partial charge in [0, 0.05) is 25.2 Å². The molecule has 20 heavy (non-hydrogen) atoms. The Labute approximate surface area is 127 Å². The lowest BCUT2D eigenvalue weighted by Crippen LogP contribution is -2.33. The number of aromatic hydroxyl groups is 1. The lowest BCUT2D eigenvalue weighted by Gasteiger charge is -2.24. The summed E-state index contributed by atoms with van der Waals surface area (Å²) in [5, 5.41) is 10.4. The van der Waals surface area contributed by atoms with E-state index < -0.39 is 0 Å².